The minimum Gasteiger partial charge on any atom is -0.368 e. The van der Waals surface area contributed by atoms with Crippen molar-refractivity contribution < 1.29 is 37.1 Å². The average Bonchev–Trinajstić information content (AvgIpc) is 3.57. The van der Waals surface area contributed by atoms with Crippen molar-refractivity contribution >= 4 is 29.5 Å². The van der Waals surface area contributed by atoms with Gasteiger partial charge >= 0.3 is 12.1 Å². The van der Waals surface area contributed by atoms with Gasteiger partial charge in [-0.3, -0.25) is 24.0 Å². The third-order valence-electron chi connectivity index (χ3n) is 8.34. The molecule has 4 aliphatic rings. The summed E-state index contributed by atoms with van der Waals surface area (Å²) in [6, 6.07) is -3.78. The molecule has 5 N–H and O–H groups in total. The van der Waals surface area contributed by atoms with E-state index in [1.165, 1.54) is 25.7 Å². The Labute approximate surface area is 218 Å². The third-order valence-corrected chi connectivity index (χ3v) is 8.34. The monoisotopic (exact) mass is 541 g/mol. The van der Waals surface area contributed by atoms with Crippen LogP contribution < -0.4 is 21.7 Å². The number of allylic oxidation sites excluding steroid dienone is 2. The summed E-state index contributed by atoms with van der Waals surface area (Å²) in [5.74, 6) is -5.54. The van der Waals surface area contributed by atoms with Crippen molar-refractivity contribution in [3.05, 3.63) is 12.2 Å². The number of halogens is 3. The lowest BCUT2D eigenvalue weighted by molar-refractivity contribution is -0.176. The standard InChI is InChI=1S/C25H34F3N5O5/c1-24(2,3)18(32-23(38)25(26,27)28)22(37)33-10-14-11-4-5-12(8-11)16(14)17(33)21(36)31-15(19(29)34)9-13-6-7-30-20(13)35/h4-5,11-18H,6-10H2,1-3H3,(H2,29,34)(H,30,35)(H,31,36)(H,32,38)/t11?,12?,13-,14+,15-,16-,17-,18+/m0/s1. The van der Waals surface area contributed by atoms with Crippen LogP contribution in [0.15, 0.2) is 12.2 Å². The van der Waals surface area contributed by atoms with Gasteiger partial charge in [0.1, 0.15) is 18.1 Å². The molecule has 0 aromatic carbocycles. The van der Waals surface area contributed by atoms with Crippen LogP contribution in [0.5, 0.6) is 0 Å². The Morgan fingerprint density at radius 2 is 1.79 bits per heavy atom. The largest absolute Gasteiger partial charge is 0.471 e. The molecule has 2 aliphatic heterocycles. The summed E-state index contributed by atoms with van der Waals surface area (Å²) in [5.41, 5.74) is 4.44. The van der Waals surface area contributed by atoms with Gasteiger partial charge < -0.3 is 26.6 Å². The summed E-state index contributed by atoms with van der Waals surface area (Å²) in [4.78, 5) is 64.8. The van der Waals surface area contributed by atoms with Gasteiger partial charge in [-0.2, -0.15) is 13.2 Å². The van der Waals surface area contributed by atoms with Crippen molar-refractivity contribution in [3.63, 3.8) is 0 Å². The van der Waals surface area contributed by atoms with E-state index in [-0.39, 0.29) is 42.5 Å². The van der Waals surface area contributed by atoms with Gasteiger partial charge in [0.25, 0.3) is 0 Å². The predicted octanol–water partition coefficient (Wildman–Crippen LogP) is 0.225. The Bertz CT molecular complexity index is 1050. The first-order chi connectivity index (χ1) is 17.6. The number of alkyl halides is 3. The van der Waals surface area contributed by atoms with Crippen LogP contribution in [0.3, 0.4) is 0 Å². The Balaban J connectivity index is 1.60. The number of fused-ring (bicyclic) bond motifs is 5. The zero-order chi connectivity index (χ0) is 28.2. The summed E-state index contributed by atoms with van der Waals surface area (Å²) in [6.45, 7) is 5.16. The van der Waals surface area contributed by atoms with E-state index in [4.69, 9.17) is 5.73 Å². The van der Waals surface area contributed by atoms with Gasteiger partial charge in [-0.15, -0.1) is 0 Å². The second-order valence-corrected chi connectivity index (χ2v) is 11.9. The molecule has 3 fully saturated rings. The summed E-state index contributed by atoms with van der Waals surface area (Å²) < 4.78 is 39.2. The molecule has 2 aliphatic carbocycles. The van der Waals surface area contributed by atoms with E-state index in [1.807, 2.05) is 17.5 Å². The average molecular weight is 542 g/mol. The number of rotatable bonds is 7. The second kappa shape index (κ2) is 9.88. The van der Waals surface area contributed by atoms with E-state index in [0.29, 0.717) is 13.0 Å². The lowest BCUT2D eigenvalue weighted by Crippen LogP contribution is -2.61. The number of carbonyl (C=O) groups is 5. The number of nitrogens with two attached hydrogens (primary N) is 1. The van der Waals surface area contributed by atoms with Crippen molar-refractivity contribution in [2.24, 2.45) is 40.7 Å². The maximum atomic E-state index is 13.8. The smallest absolute Gasteiger partial charge is 0.368 e. The highest BCUT2D eigenvalue weighted by Crippen LogP contribution is 2.54. The molecule has 5 amide bonds. The zero-order valence-electron chi connectivity index (χ0n) is 21.5. The molecule has 4 rings (SSSR count). The van der Waals surface area contributed by atoms with E-state index >= 15 is 0 Å². The van der Waals surface area contributed by atoms with E-state index in [0.717, 1.165) is 6.42 Å². The van der Waals surface area contributed by atoms with E-state index in [2.05, 4.69) is 10.6 Å². The maximum absolute atomic E-state index is 13.8. The fraction of sp³-hybridized carbons (Fsp3) is 0.720. The first-order valence-corrected chi connectivity index (χ1v) is 12.8. The molecule has 0 aromatic heterocycles. The first-order valence-electron chi connectivity index (χ1n) is 12.8. The van der Waals surface area contributed by atoms with Gasteiger partial charge in [0.2, 0.25) is 23.6 Å². The van der Waals surface area contributed by atoms with Crippen LogP contribution in [0, 0.1) is 35.0 Å². The third kappa shape index (κ3) is 5.24. The Hall–Kier alpha value is -3.12. The van der Waals surface area contributed by atoms with Gasteiger partial charge in [0.05, 0.1) is 0 Å². The molecule has 2 heterocycles. The zero-order valence-corrected chi connectivity index (χ0v) is 21.5. The van der Waals surface area contributed by atoms with Gasteiger partial charge in [-0.05, 0) is 48.3 Å². The van der Waals surface area contributed by atoms with Crippen LogP contribution in [0.4, 0.5) is 13.2 Å². The summed E-state index contributed by atoms with van der Waals surface area (Å²) in [5, 5.41) is 7.12. The summed E-state index contributed by atoms with van der Waals surface area (Å²) in [7, 11) is 0. The van der Waals surface area contributed by atoms with Crippen LogP contribution in [0.25, 0.3) is 0 Å². The highest BCUT2D eigenvalue weighted by molar-refractivity contribution is 5.96. The Kier molecular flexibility index (Phi) is 7.26. The van der Waals surface area contributed by atoms with Gasteiger partial charge in [-0.25, -0.2) is 0 Å². The number of hydrogen-bond acceptors (Lipinski definition) is 5. The van der Waals surface area contributed by atoms with Gasteiger partial charge in [-0.1, -0.05) is 32.9 Å². The van der Waals surface area contributed by atoms with Gasteiger partial charge in [0, 0.05) is 19.0 Å². The lowest BCUT2D eigenvalue weighted by atomic mass is 9.81. The molecular weight excluding hydrogens is 507 g/mol. The van der Waals surface area contributed by atoms with Crippen LogP contribution >= 0.6 is 0 Å². The predicted molar refractivity (Wildman–Crippen MR) is 128 cm³/mol. The normalized spacial score (nSPS) is 31.5. The highest BCUT2D eigenvalue weighted by Gasteiger charge is 2.59. The molecule has 0 aromatic rings. The van der Waals surface area contributed by atoms with Crippen LogP contribution in [0.2, 0.25) is 0 Å². The number of likely N-dealkylation sites (tertiary alicyclic amines) is 1. The van der Waals surface area contributed by atoms with Crippen molar-refractivity contribution in [2.45, 2.75) is 64.3 Å². The second-order valence-electron chi connectivity index (χ2n) is 11.9. The summed E-state index contributed by atoms with van der Waals surface area (Å²) >= 11 is 0. The van der Waals surface area contributed by atoms with Crippen LogP contribution in [-0.4, -0.2) is 71.8 Å². The quantitative estimate of drug-likeness (QED) is 0.340. The first kappa shape index (κ1) is 27.9. The van der Waals surface area contributed by atoms with Gasteiger partial charge in [0.15, 0.2) is 0 Å². The molecule has 0 radical (unpaired) electrons. The van der Waals surface area contributed by atoms with Crippen molar-refractivity contribution in [2.75, 3.05) is 13.1 Å². The van der Waals surface area contributed by atoms with Crippen LogP contribution in [0.1, 0.15) is 40.0 Å². The topological polar surface area (TPSA) is 151 Å². The Morgan fingerprint density at radius 3 is 2.34 bits per heavy atom. The highest BCUT2D eigenvalue weighted by atomic mass is 19.4. The minimum atomic E-state index is -5.19. The molecule has 2 unspecified atom stereocenters. The van der Waals surface area contributed by atoms with E-state index < -0.39 is 59.3 Å². The number of hydrogen-bond donors (Lipinski definition) is 4. The molecule has 2 bridgehead atoms. The lowest BCUT2D eigenvalue weighted by Gasteiger charge is -2.37. The number of amides is 5. The van der Waals surface area contributed by atoms with Crippen molar-refractivity contribution in [3.8, 4) is 0 Å². The number of nitrogens with zero attached hydrogens (tertiary/aromatic N) is 1. The number of carbonyl (C=O) groups excluding carboxylic acids is 5. The number of primary amides is 1. The molecule has 2 saturated heterocycles. The van der Waals surface area contributed by atoms with Crippen molar-refractivity contribution in [1.29, 1.82) is 0 Å². The van der Waals surface area contributed by atoms with E-state index in [1.54, 1.807) is 0 Å². The maximum Gasteiger partial charge on any atom is 0.471 e. The fourth-order valence-corrected chi connectivity index (χ4v) is 6.47. The molecule has 0 spiro atoms. The SMILES string of the molecule is CC(C)(C)[C@H](NC(=O)C(F)(F)F)C(=O)N1C[C@@H]2C3C=CC(C3)[C@@H]2[C@H]1C(=O)N[C@@H](C[C@@H]1CCNC1=O)C(N)=O. The minimum absolute atomic E-state index is 0.000118. The molecule has 13 heteroatoms. The van der Waals surface area contributed by atoms with Crippen molar-refractivity contribution in [1.82, 2.24) is 20.9 Å². The molecule has 38 heavy (non-hydrogen) atoms. The molecule has 10 nitrogen and oxygen atoms in total. The number of nitrogens with one attached hydrogen (secondary N) is 3. The fourth-order valence-electron chi connectivity index (χ4n) is 6.47. The van der Waals surface area contributed by atoms with E-state index in [9.17, 15) is 37.1 Å². The summed E-state index contributed by atoms with van der Waals surface area (Å²) in [6.07, 6.45) is 0.119. The molecule has 8 atom stereocenters. The van der Waals surface area contributed by atoms with Crippen LogP contribution in [-0.2, 0) is 24.0 Å². The Morgan fingerprint density at radius 1 is 1.13 bits per heavy atom. The molecular formula is C25H34F3N5O5. The molecule has 210 valence electrons. The molecule has 1 saturated carbocycles.